The van der Waals surface area contributed by atoms with Crippen molar-refractivity contribution in [3.05, 3.63) is 65.2 Å². The molecule has 0 aliphatic carbocycles. The van der Waals surface area contributed by atoms with Crippen molar-refractivity contribution < 1.29 is 22.8 Å². The van der Waals surface area contributed by atoms with Gasteiger partial charge in [-0.2, -0.15) is 13.2 Å². The van der Waals surface area contributed by atoms with Gasteiger partial charge in [0.25, 0.3) is 0 Å². The van der Waals surface area contributed by atoms with Crippen LogP contribution in [0.25, 0.3) is 6.08 Å². The molecule has 0 saturated carbocycles. The zero-order valence-corrected chi connectivity index (χ0v) is 16.6. The maximum atomic E-state index is 12.6. The number of hydrogen-bond acceptors (Lipinski definition) is 3. The van der Waals surface area contributed by atoms with Crippen LogP contribution in [0.2, 0.25) is 5.02 Å². The van der Waals surface area contributed by atoms with Gasteiger partial charge in [0.1, 0.15) is 0 Å². The summed E-state index contributed by atoms with van der Waals surface area (Å²) in [6, 6.07) is 14.3. The summed E-state index contributed by atoms with van der Waals surface area (Å²) < 4.78 is 37.7. The molecule has 1 aliphatic rings. The van der Waals surface area contributed by atoms with Crippen LogP contribution >= 0.6 is 11.6 Å². The quantitative estimate of drug-likeness (QED) is 0.729. The number of rotatable bonds is 4. The highest BCUT2D eigenvalue weighted by Gasteiger charge is 2.43. The zero-order chi connectivity index (χ0) is 21.7. The van der Waals surface area contributed by atoms with Crippen molar-refractivity contribution >= 4 is 40.9 Å². The summed E-state index contributed by atoms with van der Waals surface area (Å²) in [7, 11) is 0. The minimum atomic E-state index is -4.87. The first-order valence-electron chi connectivity index (χ1n) is 9.19. The van der Waals surface area contributed by atoms with Gasteiger partial charge in [0.05, 0.1) is 10.7 Å². The van der Waals surface area contributed by atoms with Gasteiger partial charge in [-0.05, 0) is 29.8 Å². The average Bonchev–Trinajstić information content (AvgIpc) is 2.72. The lowest BCUT2D eigenvalue weighted by Crippen LogP contribution is -2.52. The Hall–Kier alpha value is -3.00. The zero-order valence-electron chi connectivity index (χ0n) is 15.8. The number of alkyl halides is 3. The SMILES string of the molecule is O=C(/C=C/c1ccccc1)Nc1ccc(N2CCN(C(=O)C(F)(F)F)CC2)c(Cl)c1. The summed E-state index contributed by atoms with van der Waals surface area (Å²) in [6.07, 6.45) is -1.77. The second kappa shape index (κ2) is 9.21. The second-order valence-corrected chi connectivity index (χ2v) is 7.08. The molecular formula is C21H19ClF3N3O2. The van der Waals surface area contributed by atoms with E-state index in [9.17, 15) is 22.8 Å². The molecule has 3 rings (SSSR count). The van der Waals surface area contributed by atoms with E-state index in [1.54, 1.807) is 24.3 Å². The Labute approximate surface area is 176 Å². The molecule has 1 saturated heterocycles. The van der Waals surface area contributed by atoms with Crippen molar-refractivity contribution in [2.45, 2.75) is 6.18 Å². The number of carbonyl (C=O) groups is 2. The lowest BCUT2D eigenvalue weighted by Gasteiger charge is -2.36. The molecule has 1 heterocycles. The van der Waals surface area contributed by atoms with Gasteiger partial charge < -0.3 is 15.1 Å². The molecule has 2 aromatic carbocycles. The smallest absolute Gasteiger partial charge is 0.367 e. The van der Waals surface area contributed by atoms with Crippen LogP contribution in [0.4, 0.5) is 24.5 Å². The molecule has 0 spiro atoms. The van der Waals surface area contributed by atoms with Crippen LogP contribution in [0.1, 0.15) is 5.56 Å². The molecule has 5 nitrogen and oxygen atoms in total. The molecule has 1 aliphatic heterocycles. The summed E-state index contributed by atoms with van der Waals surface area (Å²) in [5.41, 5.74) is 2.02. The fourth-order valence-electron chi connectivity index (χ4n) is 3.09. The molecule has 0 bridgehead atoms. The lowest BCUT2D eigenvalue weighted by molar-refractivity contribution is -0.185. The highest BCUT2D eigenvalue weighted by Crippen LogP contribution is 2.30. The molecular weight excluding hydrogens is 419 g/mol. The van der Waals surface area contributed by atoms with E-state index in [4.69, 9.17) is 11.6 Å². The van der Waals surface area contributed by atoms with E-state index in [-0.39, 0.29) is 32.1 Å². The van der Waals surface area contributed by atoms with Gasteiger partial charge in [0.15, 0.2) is 0 Å². The van der Waals surface area contributed by atoms with E-state index in [1.807, 2.05) is 35.2 Å². The highest BCUT2D eigenvalue weighted by atomic mass is 35.5. The Morgan fingerprint density at radius 2 is 1.67 bits per heavy atom. The average molecular weight is 438 g/mol. The number of amides is 2. The number of halogens is 4. The minimum Gasteiger partial charge on any atom is -0.367 e. The van der Waals surface area contributed by atoms with Crippen molar-refractivity contribution in [1.82, 2.24) is 4.90 Å². The van der Waals surface area contributed by atoms with E-state index in [1.165, 1.54) is 6.08 Å². The molecule has 30 heavy (non-hydrogen) atoms. The standard InChI is InChI=1S/C21H19ClF3N3O2/c22-17-14-16(26-19(29)9-6-15-4-2-1-3-5-15)7-8-18(17)27-10-12-28(13-11-27)20(30)21(23,24)25/h1-9,14H,10-13H2,(H,26,29)/b9-6+. The van der Waals surface area contributed by atoms with E-state index in [0.717, 1.165) is 10.5 Å². The van der Waals surface area contributed by atoms with Crippen molar-refractivity contribution in [3.8, 4) is 0 Å². The summed E-state index contributed by atoms with van der Waals surface area (Å²) in [6.45, 7) is 0.370. The predicted molar refractivity (Wildman–Crippen MR) is 110 cm³/mol. The third kappa shape index (κ3) is 5.54. The summed E-state index contributed by atoms with van der Waals surface area (Å²) in [5.74, 6) is -2.14. The van der Waals surface area contributed by atoms with Crippen LogP contribution in [0.5, 0.6) is 0 Å². The summed E-state index contributed by atoms with van der Waals surface area (Å²) in [4.78, 5) is 26.0. The molecule has 1 fully saturated rings. The second-order valence-electron chi connectivity index (χ2n) is 6.68. The summed E-state index contributed by atoms with van der Waals surface area (Å²) >= 11 is 6.32. The van der Waals surface area contributed by atoms with Crippen LogP contribution in [0.3, 0.4) is 0 Å². The van der Waals surface area contributed by atoms with Gasteiger partial charge in [-0.15, -0.1) is 0 Å². The van der Waals surface area contributed by atoms with E-state index in [2.05, 4.69) is 5.32 Å². The Morgan fingerprint density at radius 3 is 2.27 bits per heavy atom. The number of piperazine rings is 1. The first-order chi connectivity index (χ1) is 14.2. The third-order valence-electron chi connectivity index (χ3n) is 4.59. The highest BCUT2D eigenvalue weighted by molar-refractivity contribution is 6.33. The Kier molecular flexibility index (Phi) is 6.66. The van der Waals surface area contributed by atoms with Crippen LogP contribution in [-0.4, -0.2) is 49.1 Å². The van der Waals surface area contributed by atoms with Crippen LogP contribution in [-0.2, 0) is 9.59 Å². The normalized spacial score (nSPS) is 14.8. The van der Waals surface area contributed by atoms with E-state index in [0.29, 0.717) is 16.4 Å². The topological polar surface area (TPSA) is 52.7 Å². The molecule has 0 radical (unpaired) electrons. The first-order valence-corrected chi connectivity index (χ1v) is 9.56. The number of nitrogens with one attached hydrogen (secondary N) is 1. The van der Waals surface area contributed by atoms with Crippen molar-refractivity contribution in [3.63, 3.8) is 0 Å². The number of hydrogen-bond donors (Lipinski definition) is 1. The van der Waals surface area contributed by atoms with Crippen LogP contribution in [0.15, 0.2) is 54.6 Å². The Bertz CT molecular complexity index is 940. The molecule has 1 N–H and O–H groups in total. The van der Waals surface area contributed by atoms with Crippen molar-refractivity contribution in [2.24, 2.45) is 0 Å². The van der Waals surface area contributed by atoms with Gasteiger partial charge in [0.2, 0.25) is 5.91 Å². The molecule has 2 aromatic rings. The fourth-order valence-corrected chi connectivity index (χ4v) is 3.39. The lowest BCUT2D eigenvalue weighted by atomic mass is 10.2. The van der Waals surface area contributed by atoms with Gasteiger partial charge in [-0.3, -0.25) is 9.59 Å². The summed E-state index contributed by atoms with van der Waals surface area (Å²) in [5, 5.41) is 3.07. The monoisotopic (exact) mass is 437 g/mol. The predicted octanol–water partition coefficient (Wildman–Crippen LogP) is 4.20. The molecule has 158 valence electrons. The Morgan fingerprint density at radius 1 is 1.00 bits per heavy atom. The van der Waals surface area contributed by atoms with Gasteiger partial charge in [0, 0.05) is 37.9 Å². The molecule has 0 atom stereocenters. The van der Waals surface area contributed by atoms with Crippen LogP contribution < -0.4 is 10.2 Å². The van der Waals surface area contributed by atoms with Crippen molar-refractivity contribution in [2.75, 3.05) is 36.4 Å². The Balaban J connectivity index is 1.59. The maximum Gasteiger partial charge on any atom is 0.471 e. The number of carbonyl (C=O) groups excluding carboxylic acids is 2. The van der Waals surface area contributed by atoms with Gasteiger partial charge >= 0.3 is 12.1 Å². The number of anilines is 2. The fraction of sp³-hybridized carbons (Fsp3) is 0.238. The molecule has 0 aromatic heterocycles. The maximum absolute atomic E-state index is 12.6. The molecule has 9 heteroatoms. The van der Waals surface area contributed by atoms with Crippen LogP contribution in [0, 0.1) is 0 Å². The largest absolute Gasteiger partial charge is 0.471 e. The van der Waals surface area contributed by atoms with E-state index < -0.39 is 12.1 Å². The van der Waals surface area contributed by atoms with Crippen molar-refractivity contribution in [1.29, 1.82) is 0 Å². The van der Waals surface area contributed by atoms with E-state index >= 15 is 0 Å². The molecule has 2 amide bonds. The molecule has 0 unspecified atom stereocenters. The van der Waals surface area contributed by atoms with Gasteiger partial charge in [-0.25, -0.2) is 0 Å². The third-order valence-corrected chi connectivity index (χ3v) is 4.89. The minimum absolute atomic E-state index is 0.0442. The van der Waals surface area contributed by atoms with Gasteiger partial charge in [-0.1, -0.05) is 41.9 Å². The number of nitrogens with zero attached hydrogens (tertiary/aromatic N) is 2. The number of benzene rings is 2. The first kappa shape index (κ1) is 21.7.